The third-order valence-corrected chi connectivity index (χ3v) is 10.1. The van der Waals surface area contributed by atoms with Gasteiger partial charge in [0, 0.05) is 74.7 Å². The molecule has 2 saturated heterocycles. The van der Waals surface area contributed by atoms with Crippen molar-refractivity contribution in [1.82, 2.24) is 46.3 Å². The number of thiol groups is 2. The molecular formula is C36H48F2N10O8S2. The fourth-order valence-corrected chi connectivity index (χ4v) is 6.85. The highest BCUT2D eigenvalue weighted by Crippen LogP contribution is 2.32. The average molecular weight is 851 g/mol. The maximum atomic E-state index is 13.8. The van der Waals surface area contributed by atoms with Crippen LogP contribution in [0.2, 0.25) is 0 Å². The van der Waals surface area contributed by atoms with Gasteiger partial charge in [0.2, 0.25) is 35.4 Å². The molecule has 0 saturated carbocycles. The fourth-order valence-electron chi connectivity index (χ4n) is 6.33. The molecule has 1 aromatic heterocycles. The average Bonchev–Trinajstić information content (AvgIpc) is 3.54. The lowest BCUT2D eigenvalue weighted by Crippen LogP contribution is -2.55. The Morgan fingerprint density at radius 2 is 1.66 bits per heavy atom. The Hall–Kier alpha value is -4.82. The lowest BCUT2D eigenvalue weighted by atomic mass is 10.1. The molecular weight excluding hydrogens is 803 g/mol. The number of hydrogen-bond donors (Lipinski definition) is 8. The predicted molar refractivity (Wildman–Crippen MR) is 212 cm³/mol. The van der Waals surface area contributed by atoms with Gasteiger partial charge in [0.15, 0.2) is 0 Å². The number of aliphatic hydroxyl groups is 1. The molecule has 2 aliphatic heterocycles. The summed E-state index contributed by atoms with van der Waals surface area (Å²) >= 11 is 8.13. The van der Waals surface area contributed by atoms with Crippen molar-refractivity contribution in [3.05, 3.63) is 36.0 Å². The third-order valence-electron chi connectivity index (χ3n) is 9.39. The van der Waals surface area contributed by atoms with Crippen LogP contribution in [0, 0.1) is 11.3 Å². The van der Waals surface area contributed by atoms with Gasteiger partial charge in [0.25, 0.3) is 5.92 Å². The number of carbonyl (C=O) groups excluding carboxylic acids is 6. The molecule has 2 unspecified atom stereocenters. The van der Waals surface area contributed by atoms with Crippen molar-refractivity contribution in [2.75, 3.05) is 77.0 Å². The van der Waals surface area contributed by atoms with Crippen molar-refractivity contribution in [3.63, 3.8) is 0 Å². The molecule has 22 heteroatoms. The molecule has 0 radical (unpaired) electrons. The van der Waals surface area contributed by atoms with E-state index in [2.05, 4.69) is 61.7 Å². The Bertz CT molecular complexity index is 1850. The molecule has 4 rings (SSSR count). The number of hydrogen-bond acceptors (Lipinski definition) is 14. The number of nitrogens with one attached hydrogen (secondary N) is 5. The predicted octanol–water partition coefficient (Wildman–Crippen LogP) is -1.43. The zero-order chi connectivity index (χ0) is 42.4. The van der Waals surface area contributed by atoms with Crippen molar-refractivity contribution >= 4 is 71.6 Å². The summed E-state index contributed by atoms with van der Waals surface area (Å²) in [5, 5.41) is 33.0. The Kier molecular flexibility index (Phi) is 17.2. The molecule has 18 nitrogen and oxygen atoms in total. The number of nitriles is 1. The minimum Gasteiger partial charge on any atom is -0.494 e. The first-order valence-corrected chi connectivity index (χ1v) is 19.7. The summed E-state index contributed by atoms with van der Waals surface area (Å²) in [7, 11) is 0. The summed E-state index contributed by atoms with van der Waals surface area (Å²) in [4.78, 5) is 82.8. The fraction of sp³-hybridized carbons (Fsp3) is 0.556. The number of likely N-dealkylation sites (tertiary alicyclic amines) is 1. The van der Waals surface area contributed by atoms with Crippen LogP contribution in [-0.4, -0.2) is 161 Å². The van der Waals surface area contributed by atoms with E-state index in [-0.39, 0.29) is 24.0 Å². The van der Waals surface area contributed by atoms with Gasteiger partial charge in [-0.3, -0.25) is 44.0 Å². The van der Waals surface area contributed by atoms with E-state index in [1.54, 1.807) is 35.2 Å². The van der Waals surface area contributed by atoms with E-state index in [1.165, 1.54) is 13.1 Å². The number of carbonyl (C=O) groups is 6. The summed E-state index contributed by atoms with van der Waals surface area (Å²) in [6.45, 7) is 2.36. The zero-order valence-corrected chi connectivity index (χ0v) is 33.6. The van der Waals surface area contributed by atoms with Gasteiger partial charge in [0.05, 0.1) is 44.4 Å². The molecule has 6 N–H and O–H groups in total. The molecule has 2 aromatic rings. The molecule has 2 fully saturated rings. The number of ether oxygens (including phenoxy) is 1. The molecule has 4 atom stereocenters. The number of alkyl halides is 2. The molecule has 58 heavy (non-hydrogen) atoms. The molecule has 0 bridgehead atoms. The number of nitrogens with zero attached hydrogens (tertiary/aromatic N) is 5. The minimum absolute atomic E-state index is 0.0211. The van der Waals surface area contributed by atoms with E-state index >= 15 is 0 Å². The Balaban J connectivity index is 1.15. The summed E-state index contributed by atoms with van der Waals surface area (Å²) in [6, 6.07) is 5.25. The smallest absolute Gasteiger partial charge is 0.268 e. The van der Waals surface area contributed by atoms with Gasteiger partial charge >= 0.3 is 0 Å². The van der Waals surface area contributed by atoms with Gasteiger partial charge in [-0.15, -0.1) is 0 Å². The van der Waals surface area contributed by atoms with Crippen molar-refractivity contribution in [1.29, 1.82) is 5.26 Å². The summed E-state index contributed by atoms with van der Waals surface area (Å²) in [5.74, 6) is -6.00. The molecule has 6 amide bonds. The lowest BCUT2D eigenvalue weighted by molar-refractivity contribution is -0.135. The van der Waals surface area contributed by atoms with Crippen LogP contribution in [0.15, 0.2) is 30.5 Å². The van der Waals surface area contributed by atoms with Crippen LogP contribution in [0.3, 0.4) is 0 Å². The van der Waals surface area contributed by atoms with Crippen molar-refractivity contribution < 1.29 is 47.4 Å². The standard InChI is InChI=1S/C36H48F2N10O8S2/c1-22(49)44-28(19-57)34(54)41-16-30(50)45-29(20-58)35(55)43-17-31(51)47-10-8-46(9-11-47)7-2-12-56-24-3-4-27-26(13-24)25(5-6-40-27)33(53)42-18-32(52)48-21-36(37,38)14-23(48)15-39/h3-6,13,23,28-29,33,42,53,57-58H,2,7-12,14,16-21H2,1H3,(H,41,54)(H,43,55)(H,44,49)(H,45,50)/t23?,28-,29-,33?/m1/s1. The van der Waals surface area contributed by atoms with E-state index in [9.17, 15) is 47.9 Å². The van der Waals surface area contributed by atoms with Crippen molar-refractivity contribution in [2.24, 2.45) is 0 Å². The highest BCUT2D eigenvalue weighted by atomic mass is 32.1. The SMILES string of the molecule is CC(=O)N[C@H](CS)C(=O)NCC(=O)N[C@H](CS)C(=O)NCC(=O)N1CCN(CCCOc2ccc3nccc(C(O)NCC(=O)N4CC(F)(F)CC4C#N)c3c2)CC1. The van der Waals surface area contributed by atoms with E-state index in [0.29, 0.717) is 68.0 Å². The summed E-state index contributed by atoms with van der Waals surface area (Å²) in [6.07, 6.45) is 0.0963. The van der Waals surface area contributed by atoms with E-state index < -0.39 is 85.9 Å². The monoisotopic (exact) mass is 850 g/mol. The Labute approximate surface area is 344 Å². The Morgan fingerprint density at radius 3 is 2.31 bits per heavy atom. The summed E-state index contributed by atoms with van der Waals surface area (Å²) < 4.78 is 33.6. The number of pyridine rings is 1. The number of aliphatic hydroxyl groups excluding tert-OH is 1. The molecule has 0 aliphatic carbocycles. The van der Waals surface area contributed by atoms with E-state index in [4.69, 9.17) is 4.74 Å². The topological polar surface area (TPSA) is 238 Å². The number of aromatic nitrogens is 1. The van der Waals surface area contributed by atoms with Crippen molar-refractivity contribution in [3.8, 4) is 11.8 Å². The molecule has 1 aromatic carbocycles. The normalized spacial score (nSPS) is 18.1. The first-order valence-electron chi connectivity index (χ1n) is 18.5. The van der Waals surface area contributed by atoms with Gasteiger partial charge in [-0.25, -0.2) is 8.78 Å². The third kappa shape index (κ3) is 13.4. The van der Waals surface area contributed by atoms with E-state index in [1.807, 2.05) is 0 Å². The highest BCUT2D eigenvalue weighted by Gasteiger charge is 2.47. The Morgan fingerprint density at radius 1 is 0.983 bits per heavy atom. The van der Waals surface area contributed by atoms with Gasteiger partial charge in [-0.2, -0.15) is 30.5 Å². The van der Waals surface area contributed by atoms with Gasteiger partial charge < -0.3 is 40.9 Å². The number of rotatable bonds is 19. The number of halogens is 2. The molecule has 316 valence electrons. The quantitative estimate of drug-likeness (QED) is 0.0462. The molecule has 3 heterocycles. The number of fused-ring (bicyclic) bond motifs is 1. The van der Waals surface area contributed by atoms with Crippen LogP contribution in [0.5, 0.6) is 5.75 Å². The number of benzene rings is 1. The van der Waals surface area contributed by atoms with Crippen LogP contribution in [0.25, 0.3) is 10.9 Å². The summed E-state index contributed by atoms with van der Waals surface area (Å²) in [5.41, 5.74) is 0.956. The second-order valence-corrected chi connectivity index (χ2v) is 14.4. The minimum atomic E-state index is -3.15. The maximum Gasteiger partial charge on any atom is 0.268 e. The van der Waals surface area contributed by atoms with Crippen LogP contribution in [-0.2, 0) is 28.8 Å². The second-order valence-electron chi connectivity index (χ2n) is 13.7. The van der Waals surface area contributed by atoms with Gasteiger partial charge in [0.1, 0.15) is 30.1 Å². The van der Waals surface area contributed by atoms with Gasteiger partial charge in [-0.05, 0) is 30.7 Å². The molecule has 0 spiro atoms. The first-order chi connectivity index (χ1) is 27.6. The highest BCUT2D eigenvalue weighted by molar-refractivity contribution is 7.80. The van der Waals surface area contributed by atoms with Crippen molar-refractivity contribution in [2.45, 2.75) is 50.0 Å². The van der Waals surface area contributed by atoms with Crippen LogP contribution in [0.1, 0.15) is 31.6 Å². The van der Waals surface area contributed by atoms with E-state index in [0.717, 1.165) is 4.90 Å². The van der Waals surface area contributed by atoms with Crippen LogP contribution in [0.4, 0.5) is 8.78 Å². The zero-order valence-electron chi connectivity index (χ0n) is 31.8. The van der Waals surface area contributed by atoms with Crippen LogP contribution < -0.4 is 31.3 Å². The van der Waals surface area contributed by atoms with Gasteiger partial charge in [-0.1, -0.05) is 0 Å². The van der Waals surface area contributed by atoms with Crippen LogP contribution >= 0.6 is 25.3 Å². The maximum absolute atomic E-state index is 13.8. The lowest BCUT2D eigenvalue weighted by Gasteiger charge is -2.34. The number of piperazine rings is 1. The number of amides is 6. The second kappa shape index (κ2) is 21.8. The largest absolute Gasteiger partial charge is 0.494 e. The molecule has 2 aliphatic rings. The first kappa shape index (κ1) is 45.9.